The molecule has 0 spiro atoms. The van der Waals surface area contributed by atoms with E-state index >= 15 is 0 Å². The topological polar surface area (TPSA) is 56.3 Å². The lowest BCUT2D eigenvalue weighted by molar-refractivity contribution is -0.136. The van der Waals surface area contributed by atoms with Crippen molar-refractivity contribution in [3.63, 3.8) is 0 Å². The molecule has 0 atom stereocenters. The predicted molar refractivity (Wildman–Crippen MR) is 97.3 cm³/mol. The van der Waals surface area contributed by atoms with Gasteiger partial charge in [-0.1, -0.05) is 12.2 Å². The Labute approximate surface area is 150 Å². The van der Waals surface area contributed by atoms with Crippen molar-refractivity contribution >= 4 is 11.8 Å². The van der Waals surface area contributed by atoms with Gasteiger partial charge in [0.05, 0.1) is 26.3 Å². The largest absolute Gasteiger partial charge is 0.379 e. The molecule has 0 bridgehead atoms. The first-order valence-corrected chi connectivity index (χ1v) is 8.94. The molecule has 0 N–H and O–H groups in total. The molecular weight excluding hydrogens is 320 g/mol. The Bertz CT molecular complexity index is 459. The Balaban J connectivity index is 1.72. The fourth-order valence-electron chi connectivity index (χ4n) is 3.09. The van der Waals surface area contributed by atoms with E-state index in [1.165, 1.54) is 0 Å². The summed E-state index contributed by atoms with van der Waals surface area (Å²) >= 11 is 0. The Hall–Kier alpha value is -1.70. The molecule has 2 aliphatic rings. The highest BCUT2D eigenvalue weighted by Crippen LogP contribution is 2.05. The molecule has 7 heteroatoms. The number of hydrogen-bond donors (Lipinski definition) is 0. The third-order valence-corrected chi connectivity index (χ3v) is 4.60. The normalized spacial score (nSPS) is 19.4. The highest BCUT2D eigenvalue weighted by molar-refractivity contribution is 5.79. The molecule has 0 unspecified atom stereocenters. The van der Waals surface area contributed by atoms with Gasteiger partial charge in [-0.15, -0.1) is 13.2 Å². The molecule has 2 heterocycles. The second-order valence-corrected chi connectivity index (χ2v) is 6.42. The van der Waals surface area contributed by atoms with Gasteiger partial charge in [-0.05, 0) is 0 Å². The number of amides is 2. The monoisotopic (exact) mass is 350 g/mol. The van der Waals surface area contributed by atoms with Gasteiger partial charge in [0.25, 0.3) is 0 Å². The van der Waals surface area contributed by atoms with Gasteiger partial charge in [-0.2, -0.15) is 0 Å². The second-order valence-electron chi connectivity index (χ2n) is 6.42. The molecule has 0 radical (unpaired) electrons. The van der Waals surface area contributed by atoms with Gasteiger partial charge >= 0.3 is 0 Å². The summed E-state index contributed by atoms with van der Waals surface area (Å²) in [5.74, 6) is 0.251. The van der Waals surface area contributed by atoms with E-state index in [1.807, 2.05) is 4.90 Å². The summed E-state index contributed by atoms with van der Waals surface area (Å²) in [6.07, 6.45) is 3.45. The van der Waals surface area contributed by atoms with Gasteiger partial charge in [0.1, 0.15) is 0 Å². The number of rotatable bonds is 8. The van der Waals surface area contributed by atoms with E-state index in [9.17, 15) is 9.59 Å². The summed E-state index contributed by atoms with van der Waals surface area (Å²) in [6, 6.07) is 0. The molecule has 0 aromatic rings. The fourth-order valence-corrected chi connectivity index (χ4v) is 3.09. The SMILES string of the molecule is C=CCN(CC=C)C(=O)CN1CCN(C(=O)CN2CCOCC2)CC1. The zero-order valence-corrected chi connectivity index (χ0v) is 15.1. The van der Waals surface area contributed by atoms with Crippen LogP contribution in [-0.2, 0) is 14.3 Å². The van der Waals surface area contributed by atoms with Crippen LogP contribution in [0.25, 0.3) is 0 Å². The van der Waals surface area contributed by atoms with Gasteiger partial charge in [-0.25, -0.2) is 0 Å². The van der Waals surface area contributed by atoms with Crippen LogP contribution in [0, 0.1) is 0 Å². The lowest BCUT2D eigenvalue weighted by Crippen LogP contribution is -2.53. The van der Waals surface area contributed by atoms with Crippen LogP contribution in [0.1, 0.15) is 0 Å². The van der Waals surface area contributed by atoms with Crippen molar-refractivity contribution in [2.24, 2.45) is 0 Å². The summed E-state index contributed by atoms with van der Waals surface area (Å²) < 4.78 is 5.31. The minimum Gasteiger partial charge on any atom is -0.379 e. The molecule has 25 heavy (non-hydrogen) atoms. The number of piperazine rings is 1. The zero-order valence-electron chi connectivity index (χ0n) is 15.1. The molecule has 2 aliphatic heterocycles. The molecule has 0 saturated carbocycles. The van der Waals surface area contributed by atoms with Crippen molar-refractivity contribution in [1.29, 1.82) is 0 Å². The minimum atomic E-state index is 0.0768. The van der Waals surface area contributed by atoms with Crippen molar-refractivity contribution in [3.8, 4) is 0 Å². The third-order valence-electron chi connectivity index (χ3n) is 4.60. The number of hydrogen-bond acceptors (Lipinski definition) is 5. The van der Waals surface area contributed by atoms with Gasteiger partial charge in [-0.3, -0.25) is 19.4 Å². The van der Waals surface area contributed by atoms with Crippen LogP contribution in [0.5, 0.6) is 0 Å². The van der Waals surface area contributed by atoms with Crippen LogP contribution < -0.4 is 0 Å². The summed E-state index contributed by atoms with van der Waals surface area (Å²) in [6.45, 7) is 15.2. The van der Waals surface area contributed by atoms with Crippen LogP contribution in [0.4, 0.5) is 0 Å². The van der Waals surface area contributed by atoms with E-state index in [-0.39, 0.29) is 11.8 Å². The Kier molecular flexibility index (Phi) is 8.11. The first-order valence-electron chi connectivity index (χ1n) is 8.94. The van der Waals surface area contributed by atoms with E-state index in [0.717, 1.165) is 26.2 Å². The Morgan fingerprint density at radius 3 is 2.00 bits per heavy atom. The lowest BCUT2D eigenvalue weighted by atomic mass is 10.2. The molecule has 0 aromatic carbocycles. The maximum Gasteiger partial charge on any atom is 0.237 e. The fraction of sp³-hybridized carbons (Fsp3) is 0.667. The molecule has 140 valence electrons. The smallest absolute Gasteiger partial charge is 0.237 e. The first-order chi connectivity index (χ1) is 12.1. The molecule has 2 amide bonds. The molecule has 0 aromatic heterocycles. The maximum absolute atomic E-state index is 12.4. The van der Waals surface area contributed by atoms with Gasteiger partial charge in [0, 0.05) is 52.4 Å². The number of morpholine rings is 1. The average Bonchev–Trinajstić information content (AvgIpc) is 2.63. The summed E-state index contributed by atoms with van der Waals surface area (Å²) in [7, 11) is 0. The first kappa shape index (κ1) is 19.6. The molecule has 2 fully saturated rings. The third kappa shape index (κ3) is 6.26. The van der Waals surface area contributed by atoms with Gasteiger partial charge in [0.15, 0.2) is 0 Å². The highest BCUT2D eigenvalue weighted by atomic mass is 16.5. The Morgan fingerprint density at radius 2 is 1.44 bits per heavy atom. The van der Waals surface area contributed by atoms with Gasteiger partial charge < -0.3 is 14.5 Å². The quantitative estimate of drug-likeness (QED) is 0.561. The summed E-state index contributed by atoms with van der Waals surface area (Å²) in [5, 5.41) is 0. The number of nitrogens with zero attached hydrogens (tertiary/aromatic N) is 4. The molecule has 2 saturated heterocycles. The van der Waals surface area contributed by atoms with E-state index in [2.05, 4.69) is 23.0 Å². The molecule has 2 rings (SSSR count). The zero-order chi connectivity index (χ0) is 18.1. The van der Waals surface area contributed by atoms with Crippen LogP contribution in [0.15, 0.2) is 25.3 Å². The highest BCUT2D eigenvalue weighted by Gasteiger charge is 2.25. The second kappa shape index (κ2) is 10.3. The average molecular weight is 350 g/mol. The number of ether oxygens (including phenoxy) is 1. The van der Waals surface area contributed by atoms with E-state index < -0.39 is 0 Å². The molecule has 7 nitrogen and oxygen atoms in total. The van der Waals surface area contributed by atoms with Crippen LogP contribution in [-0.4, -0.2) is 110 Å². The minimum absolute atomic E-state index is 0.0768. The van der Waals surface area contributed by atoms with Crippen LogP contribution in [0.2, 0.25) is 0 Å². The van der Waals surface area contributed by atoms with Crippen molar-refractivity contribution in [2.45, 2.75) is 0 Å². The predicted octanol–water partition coefficient (Wildman–Crippen LogP) is -0.337. The van der Waals surface area contributed by atoms with E-state index in [1.54, 1.807) is 17.1 Å². The Morgan fingerprint density at radius 1 is 0.880 bits per heavy atom. The molecular formula is C18H30N4O3. The van der Waals surface area contributed by atoms with Crippen molar-refractivity contribution in [3.05, 3.63) is 25.3 Å². The lowest BCUT2D eigenvalue weighted by Gasteiger charge is -2.36. The number of carbonyl (C=O) groups excluding carboxylic acids is 2. The maximum atomic E-state index is 12.4. The van der Waals surface area contributed by atoms with Crippen molar-refractivity contribution in [1.82, 2.24) is 19.6 Å². The molecule has 0 aliphatic carbocycles. The summed E-state index contributed by atoms with van der Waals surface area (Å²) in [5.41, 5.74) is 0. The van der Waals surface area contributed by atoms with Crippen molar-refractivity contribution < 1.29 is 14.3 Å². The summed E-state index contributed by atoms with van der Waals surface area (Å²) in [4.78, 5) is 32.7. The van der Waals surface area contributed by atoms with Gasteiger partial charge in [0.2, 0.25) is 11.8 Å². The standard InChI is InChI=1S/C18H30N4O3/c1-3-5-21(6-4-2)17(23)15-19-7-9-22(10-8-19)18(24)16-20-11-13-25-14-12-20/h3-4H,1-2,5-16H2. The van der Waals surface area contributed by atoms with Crippen molar-refractivity contribution in [2.75, 3.05) is 78.7 Å². The number of carbonyl (C=O) groups is 2. The van der Waals surface area contributed by atoms with E-state index in [4.69, 9.17) is 4.74 Å². The van der Waals surface area contributed by atoms with Crippen LogP contribution >= 0.6 is 0 Å². The van der Waals surface area contributed by atoms with Crippen LogP contribution in [0.3, 0.4) is 0 Å². The van der Waals surface area contributed by atoms with E-state index in [0.29, 0.717) is 52.5 Å².